The van der Waals surface area contributed by atoms with Gasteiger partial charge in [0, 0.05) is 38.0 Å². The number of halogens is 1. The van der Waals surface area contributed by atoms with Crippen LogP contribution in [0, 0.1) is 6.92 Å². The van der Waals surface area contributed by atoms with Gasteiger partial charge >= 0.3 is 0 Å². The first-order valence-corrected chi connectivity index (χ1v) is 9.32. The van der Waals surface area contributed by atoms with Crippen LogP contribution < -0.4 is 10.6 Å². The Balaban J connectivity index is 0.00000261. The summed E-state index contributed by atoms with van der Waals surface area (Å²) in [5.41, 5.74) is 3.51. The number of nitrogens with one attached hydrogen (secondary N) is 2. The molecule has 2 N–H and O–H groups in total. The van der Waals surface area contributed by atoms with Crippen molar-refractivity contribution in [2.45, 2.75) is 19.9 Å². The zero-order valence-corrected chi connectivity index (χ0v) is 18.8. The molecule has 0 aliphatic heterocycles. The summed E-state index contributed by atoms with van der Waals surface area (Å²) < 4.78 is 1.74. The van der Waals surface area contributed by atoms with E-state index in [4.69, 9.17) is 4.98 Å². The quantitative estimate of drug-likeness (QED) is 0.311. The molecule has 27 heavy (non-hydrogen) atoms. The van der Waals surface area contributed by atoms with E-state index < -0.39 is 0 Å². The third-order valence-electron chi connectivity index (χ3n) is 3.97. The van der Waals surface area contributed by atoms with E-state index in [1.54, 1.807) is 29.4 Å². The van der Waals surface area contributed by atoms with E-state index in [1.165, 1.54) is 11.1 Å². The largest absolute Gasteiger partial charge is 0.356 e. The maximum Gasteiger partial charge on any atom is 0.191 e. The Kier molecular flexibility index (Phi) is 8.17. The molecule has 0 amide bonds. The number of rotatable bonds is 6. The smallest absolute Gasteiger partial charge is 0.191 e. The van der Waals surface area contributed by atoms with Crippen LogP contribution in [0.25, 0.3) is 10.6 Å². The maximum absolute atomic E-state index is 4.73. The van der Waals surface area contributed by atoms with Crippen LogP contribution in [0.2, 0.25) is 0 Å². The second-order valence-corrected chi connectivity index (χ2v) is 6.77. The standard InChI is InChI=1S/C18H23N7S.HI/c1-13-4-6-14(7-5-13)17-24-15(11-26-17)8-9-20-18(19-2)21-10-16-22-12-23-25(16)3;/h4-7,11-12H,8-10H2,1-3H3,(H2,19,20,21);1H. The van der Waals surface area contributed by atoms with Gasteiger partial charge in [0.1, 0.15) is 17.2 Å². The van der Waals surface area contributed by atoms with Crippen LogP contribution in [0.15, 0.2) is 41.0 Å². The fourth-order valence-electron chi connectivity index (χ4n) is 2.42. The van der Waals surface area contributed by atoms with E-state index in [0.717, 1.165) is 35.5 Å². The summed E-state index contributed by atoms with van der Waals surface area (Å²) >= 11 is 1.68. The molecule has 0 spiro atoms. The van der Waals surface area contributed by atoms with Crippen LogP contribution in [0.3, 0.4) is 0 Å². The molecular formula is C18H24IN7S. The number of thiazole rings is 1. The minimum Gasteiger partial charge on any atom is -0.356 e. The Morgan fingerprint density at radius 2 is 2.00 bits per heavy atom. The molecule has 2 aromatic heterocycles. The summed E-state index contributed by atoms with van der Waals surface area (Å²) in [6.45, 7) is 3.42. The van der Waals surface area contributed by atoms with E-state index >= 15 is 0 Å². The summed E-state index contributed by atoms with van der Waals surface area (Å²) in [6.07, 6.45) is 2.38. The van der Waals surface area contributed by atoms with Gasteiger partial charge in [-0.15, -0.1) is 35.3 Å². The highest BCUT2D eigenvalue weighted by Crippen LogP contribution is 2.24. The van der Waals surface area contributed by atoms with Crippen LogP contribution in [0.5, 0.6) is 0 Å². The molecule has 0 fully saturated rings. The normalized spacial score (nSPS) is 11.1. The van der Waals surface area contributed by atoms with Gasteiger partial charge in [-0.05, 0) is 6.92 Å². The highest BCUT2D eigenvalue weighted by atomic mass is 127. The molecule has 3 rings (SSSR count). The van der Waals surface area contributed by atoms with Gasteiger partial charge in [-0.2, -0.15) is 5.10 Å². The predicted molar refractivity (Wildman–Crippen MR) is 121 cm³/mol. The molecule has 0 aliphatic rings. The lowest BCUT2D eigenvalue weighted by Gasteiger charge is -2.10. The first-order valence-electron chi connectivity index (χ1n) is 8.44. The third-order valence-corrected chi connectivity index (χ3v) is 4.91. The van der Waals surface area contributed by atoms with Gasteiger partial charge < -0.3 is 10.6 Å². The fourth-order valence-corrected chi connectivity index (χ4v) is 3.28. The Labute approximate surface area is 180 Å². The highest BCUT2D eigenvalue weighted by Gasteiger charge is 2.06. The molecule has 7 nitrogen and oxygen atoms in total. The second-order valence-electron chi connectivity index (χ2n) is 5.91. The molecule has 0 saturated heterocycles. The molecular weight excluding hydrogens is 473 g/mol. The van der Waals surface area contributed by atoms with Crippen molar-refractivity contribution in [3.63, 3.8) is 0 Å². The average molecular weight is 497 g/mol. The van der Waals surface area contributed by atoms with E-state index in [2.05, 4.69) is 62.3 Å². The molecule has 0 bridgehead atoms. The monoisotopic (exact) mass is 497 g/mol. The van der Waals surface area contributed by atoms with Crippen molar-refractivity contribution in [1.29, 1.82) is 0 Å². The number of aryl methyl sites for hydroxylation is 2. The summed E-state index contributed by atoms with van der Waals surface area (Å²) in [6, 6.07) is 8.47. The van der Waals surface area contributed by atoms with Crippen molar-refractivity contribution in [2.75, 3.05) is 13.6 Å². The Morgan fingerprint density at radius 3 is 2.67 bits per heavy atom. The topological polar surface area (TPSA) is 80.0 Å². The van der Waals surface area contributed by atoms with Crippen molar-refractivity contribution in [3.8, 4) is 10.6 Å². The zero-order valence-electron chi connectivity index (χ0n) is 15.6. The number of guanidine groups is 1. The number of aromatic nitrogens is 4. The van der Waals surface area contributed by atoms with Crippen LogP contribution in [0.4, 0.5) is 0 Å². The summed E-state index contributed by atoms with van der Waals surface area (Å²) in [4.78, 5) is 13.1. The lowest BCUT2D eigenvalue weighted by Crippen LogP contribution is -2.38. The van der Waals surface area contributed by atoms with Gasteiger partial charge in [0.2, 0.25) is 0 Å². The van der Waals surface area contributed by atoms with Gasteiger partial charge in [-0.25, -0.2) is 9.97 Å². The lowest BCUT2D eigenvalue weighted by molar-refractivity contribution is 0.672. The molecule has 2 heterocycles. The van der Waals surface area contributed by atoms with Crippen molar-refractivity contribution < 1.29 is 0 Å². The minimum absolute atomic E-state index is 0. The first-order chi connectivity index (χ1) is 12.7. The van der Waals surface area contributed by atoms with Gasteiger partial charge in [-0.1, -0.05) is 29.8 Å². The average Bonchev–Trinajstić information content (AvgIpc) is 3.28. The lowest BCUT2D eigenvalue weighted by atomic mass is 10.2. The van der Waals surface area contributed by atoms with Gasteiger partial charge in [0.15, 0.2) is 5.96 Å². The first kappa shape index (κ1) is 21.3. The molecule has 9 heteroatoms. The summed E-state index contributed by atoms with van der Waals surface area (Å²) in [7, 11) is 3.62. The third kappa shape index (κ3) is 5.99. The minimum atomic E-state index is 0. The van der Waals surface area contributed by atoms with E-state index in [0.29, 0.717) is 6.54 Å². The van der Waals surface area contributed by atoms with Gasteiger partial charge in [0.25, 0.3) is 0 Å². The molecule has 3 aromatic rings. The SMILES string of the molecule is CN=C(NCCc1csc(-c2ccc(C)cc2)n1)NCc1ncnn1C.I. The van der Waals surface area contributed by atoms with E-state index in [9.17, 15) is 0 Å². The van der Waals surface area contributed by atoms with E-state index in [1.807, 2.05) is 7.05 Å². The number of hydrogen-bond donors (Lipinski definition) is 2. The van der Waals surface area contributed by atoms with Crippen LogP contribution in [-0.2, 0) is 20.0 Å². The maximum atomic E-state index is 4.73. The fraction of sp³-hybridized carbons (Fsp3) is 0.333. The molecule has 0 unspecified atom stereocenters. The van der Waals surface area contributed by atoms with E-state index in [-0.39, 0.29) is 24.0 Å². The Hall–Kier alpha value is -2.01. The van der Waals surface area contributed by atoms with Crippen molar-refractivity contribution >= 4 is 41.3 Å². The molecule has 0 radical (unpaired) electrons. The van der Waals surface area contributed by atoms with Crippen LogP contribution >= 0.6 is 35.3 Å². The second kappa shape index (κ2) is 10.4. The molecule has 1 aromatic carbocycles. The number of aliphatic imine (C=N–C) groups is 1. The molecule has 0 atom stereocenters. The zero-order chi connectivity index (χ0) is 18.4. The molecule has 144 valence electrons. The number of nitrogens with zero attached hydrogens (tertiary/aromatic N) is 5. The Morgan fingerprint density at radius 1 is 1.22 bits per heavy atom. The van der Waals surface area contributed by atoms with Crippen molar-refractivity contribution in [1.82, 2.24) is 30.4 Å². The van der Waals surface area contributed by atoms with Crippen molar-refractivity contribution in [3.05, 3.63) is 53.1 Å². The summed E-state index contributed by atoms with van der Waals surface area (Å²) in [5.74, 6) is 1.59. The van der Waals surface area contributed by atoms with Crippen molar-refractivity contribution in [2.24, 2.45) is 12.0 Å². The predicted octanol–water partition coefficient (Wildman–Crippen LogP) is 2.77. The highest BCUT2D eigenvalue weighted by molar-refractivity contribution is 14.0. The Bertz CT molecular complexity index is 870. The van der Waals surface area contributed by atoms with Gasteiger partial charge in [-0.3, -0.25) is 9.67 Å². The summed E-state index contributed by atoms with van der Waals surface area (Å²) in [5, 5.41) is 13.8. The number of hydrogen-bond acceptors (Lipinski definition) is 5. The molecule has 0 aliphatic carbocycles. The number of benzene rings is 1. The molecule has 0 saturated carbocycles. The van der Waals surface area contributed by atoms with Gasteiger partial charge in [0.05, 0.1) is 12.2 Å². The van der Waals surface area contributed by atoms with Crippen LogP contribution in [0.1, 0.15) is 17.1 Å². The van der Waals surface area contributed by atoms with Crippen LogP contribution in [-0.4, -0.2) is 39.3 Å².